The maximum absolute atomic E-state index is 12.1. The van der Waals surface area contributed by atoms with Gasteiger partial charge in [0.2, 0.25) is 5.91 Å². The van der Waals surface area contributed by atoms with Crippen LogP contribution in [0.25, 0.3) is 0 Å². The maximum Gasteiger partial charge on any atom is 0.253 e. The Morgan fingerprint density at radius 1 is 1.14 bits per heavy atom. The number of rotatable bonds is 9. The van der Waals surface area contributed by atoms with E-state index in [1.54, 1.807) is 19.0 Å². The first-order chi connectivity index (χ1) is 13.0. The van der Waals surface area contributed by atoms with Crippen molar-refractivity contribution in [2.24, 2.45) is 10.9 Å². The Morgan fingerprint density at radius 2 is 1.86 bits per heavy atom. The molecular weight excluding hydrogens is 469 g/mol. The second-order valence-electron chi connectivity index (χ2n) is 6.90. The van der Waals surface area contributed by atoms with Crippen molar-refractivity contribution < 1.29 is 9.59 Å². The molecule has 0 heterocycles. The van der Waals surface area contributed by atoms with E-state index in [-0.39, 0.29) is 41.7 Å². The van der Waals surface area contributed by atoms with Gasteiger partial charge in [-0.25, -0.2) is 0 Å². The molecule has 0 saturated heterocycles. The number of carbonyl (C=O) groups is 2. The zero-order valence-electron chi connectivity index (χ0n) is 17.0. The van der Waals surface area contributed by atoms with Crippen molar-refractivity contribution in [3.63, 3.8) is 0 Å². The fourth-order valence-corrected chi connectivity index (χ4v) is 2.61. The fraction of sp³-hybridized carbons (Fsp3) is 0.550. The largest absolute Gasteiger partial charge is 0.357 e. The van der Waals surface area contributed by atoms with Crippen LogP contribution in [0.15, 0.2) is 29.3 Å². The minimum atomic E-state index is 0. The zero-order chi connectivity index (χ0) is 19.6. The molecule has 0 atom stereocenters. The normalized spacial score (nSPS) is 13.3. The van der Waals surface area contributed by atoms with E-state index in [2.05, 4.69) is 20.9 Å². The van der Waals surface area contributed by atoms with Crippen molar-refractivity contribution in [3.8, 4) is 0 Å². The molecule has 0 radical (unpaired) electrons. The van der Waals surface area contributed by atoms with Crippen molar-refractivity contribution in [1.82, 2.24) is 20.9 Å². The molecule has 1 aliphatic carbocycles. The van der Waals surface area contributed by atoms with E-state index < -0.39 is 0 Å². The van der Waals surface area contributed by atoms with E-state index in [0.717, 1.165) is 37.3 Å². The van der Waals surface area contributed by atoms with Crippen LogP contribution < -0.4 is 16.0 Å². The van der Waals surface area contributed by atoms with Crippen LogP contribution in [-0.2, 0) is 11.2 Å². The molecule has 1 aliphatic rings. The zero-order valence-corrected chi connectivity index (χ0v) is 19.3. The van der Waals surface area contributed by atoms with Crippen LogP contribution >= 0.6 is 24.0 Å². The summed E-state index contributed by atoms with van der Waals surface area (Å²) in [5.41, 5.74) is 1.77. The number of amides is 2. The van der Waals surface area contributed by atoms with Gasteiger partial charge in [0.1, 0.15) is 0 Å². The van der Waals surface area contributed by atoms with E-state index in [9.17, 15) is 9.59 Å². The molecule has 3 N–H and O–H groups in total. The average molecular weight is 501 g/mol. The lowest BCUT2D eigenvalue weighted by Gasteiger charge is -2.12. The van der Waals surface area contributed by atoms with Crippen LogP contribution in [0, 0.1) is 5.92 Å². The van der Waals surface area contributed by atoms with Crippen molar-refractivity contribution >= 4 is 41.8 Å². The van der Waals surface area contributed by atoms with Gasteiger partial charge in [-0.2, -0.15) is 0 Å². The molecule has 8 heteroatoms. The average Bonchev–Trinajstić information content (AvgIpc) is 3.49. The second-order valence-corrected chi connectivity index (χ2v) is 6.90. The van der Waals surface area contributed by atoms with Crippen molar-refractivity contribution in [1.29, 1.82) is 0 Å². The van der Waals surface area contributed by atoms with E-state index in [1.807, 2.05) is 31.2 Å². The standard InChI is InChI=1S/C20H31N5O2.HI/c1-4-21-20(24-13-12-22-18(26)16-8-9-16)23-11-10-15-6-5-7-17(14-15)19(27)25(2)3;/h5-7,14,16H,4,8-13H2,1-3H3,(H,22,26)(H2,21,23,24);1H. The number of benzene rings is 1. The third-order valence-corrected chi connectivity index (χ3v) is 4.26. The Bertz CT molecular complexity index is 674. The molecule has 0 unspecified atom stereocenters. The van der Waals surface area contributed by atoms with Gasteiger partial charge < -0.3 is 20.9 Å². The van der Waals surface area contributed by atoms with Gasteiger partial charge in [0, 0.05) is 51.8 Å². The van der Waals surface area contributed by atoms with Crippen LogP contribution in [0.5, 0.6) is 0 Å². The molecule has 1 saturated carbocycles. The number of hydrogen-bond donors (Lipinski definition) is 3. The summed E-state index contributed by atoms with van der Waals surface area (Å²) in [5.74, 6) is 1.13. The number of nitrogens with zero attached hydrogens (tertiary/aromatic N) is 2. The maximum atomic E-state index is 12.1. The molecule has 2 rings (SSSR count). The Balaban J connectivity index is 0.00000392. The smallest absolute Gasteiger partial charge is 0.253 e. The summed E-state index contributed by atoms with van der Waals surface area (Å²) >= 11 is 0. The van der Waals surface area contributed by atoms with Crippen LogP contribution in [0.3, 0.4) is 0 Å². The lowest BCUT2D eigenvalue weighted by molar-refractivity contribution is -0.122. The third-order valence-electron chi connectivity index (χ3n) is 4.26. The number of aliphatic imine (C=N–C) groups is 1. The summed E-state index contributed by atoms with van der Waals surface area (Å²) in [7, 11) is 3.50. The first kappa shape index (κ1) is 24.2. The summed E-state index contributed by atoms with van der Waals surface area (Å²) in [6.45, 7) is 4.63. The van der Waals surface area contributed by atoms with Gasteiger partial charge in [-0.15, -0.1) is 24.0 Å². The highest BCUT2D eigenvalue weighted by Gasteiger charge is 2.28. The van der Waals surface area contributed by atoms with Crippen LogP contribution in [0.1, 0.15) is 35.7 Å². The highest BCUT2D eigenvalue weighted by Crippen LogP contribution is 2.28. The molecule has 0 bridgehead atoms. The monoisotopic (exact) mass is 501 g/mol. The van der Waals surface area contributed by atoms with Crippen LogP contribution in [-0.4, -0.2) is 62.9 Å². The van der Waals surface area contributed by atoms with Gasteiger partial charge in [0.15, 0.2) is 5.96 Å². The number of guanidine groups is 1. The number of carbonyl (C=O) groups excluding carboxylic acids is 2. The van der Waals surface area contributed by atoms with Crippen molar-refractivity contribution in [2.45, 2.75) is 26.2 Å². The predicted molar refractivity (Wildman–Crippen MR) is 123 cm³/mol. The minimum Gasteiger partial charge on any atom is -0.357 e. The van der Waals surface area contributed by atoms with Gasteiger partial charge in [-0.3, -0.25) is 14.6 Å². The summed E-state index contributed by atoms with van der Waals surface area (Å²) in [5, 5.41) is 9.36. The lowest BCUT2D eigenvalue weighted by atomic mass is 10.1. The van der Waals surface area contributed by atoms with Crippen LogP contribution in [0.4, 0.5) is 0 Å². The SMILES string of the molecule is CCNC(=NCCc1cccc(C(=O)N(C)C)c1)NCCNC(=O)C1CC1.I. The lowest BCUT2D eigenvalue weighted by Crippen LogP contribution is -2.41. The molecule has 1 aromatic carbocycles. The highest BCUT2D eigenvalue weighted by atomic mass is 127. The summed E-state index contributed by atoms with van der Waals surface area (Å²) in [6.07, 6.45) is 2.79. The van der Waals surface area contributed by atoms with E-state index in [4.69, 9.17) is 0 Å². The van der Waals surface area contributed by atoms with E-state index in [1.165, 1.54) is 0 Å². The number of hydrogen-bond acceptors (Lipinski definition) is 3. The molecule has 28 heavy (non-hydrogen) atoms. The first-order valence-electron chi connectivity index (χ1n) is 9.61. The fourth-order valence-electron chi connectivity index (χ4n) is 2.61. The first-order valence-corrected chi connectivity index (χ1v) is 9.61. The Morgan fingerprint density at radius 3 is 2.50 bits per heavy atom. The molecule has 2 amide bonds. The molecule has 0 spiro atoms. The van der Waals surface area contributed by atoms with Crippen LogP contribution in [0.2, 0.25) is 0 Å². The third kappa shape index (κ3) is 8.45. The Labute approximate surface area is 184 Å². The number of halogens is 1. The molecule has 0 aliphatic heterocycles. The highest BCUT2D eigenvalue weighted by molar-refractivity contribution is 14.0. The molecule has 7 nitrogen and oxygen atoms in total. The summed E-state index contributed by atoms with van der Waals surface area (Å²) in [6, 6.07) is 7.67. The van der Waals surface area contributed by atoms with Gasteiger partial charge in [-0.05, 0) is 43.9 Å². The van der Waals surface area contributed by atoms with Gasteiger partial charge >= 0.3 is 0 Å². The minimum absolute atomic E-state index is 0. The molecule has 156 valence electrons. The molecular formula is C20H32IN5O2. The molecule has 0 aromatic heterocycles. The van der Waals surface area contributed by atoms with Crippen molar-refractivity contribution in [2.75, 3.05) is 40.3 Å². The van der Waals surface area contributed by atoms with Gasteiger partial charge in [0.25, 0.3) is 5.91 Å². The topological polar surface area (TPSA) is 85.8 Å². The Kier molecular flexibility index (Phi) is 10.9. The summed E-state index contributed by atoms with van der Waals surface area (Å²) < 4.78 is 0. The van der Waals surface area contributed by atoms with Crippen molar-refractivity contribution in [3.05, 3.63) is 35.4 Å². The molecule has 1 fully saturated rings. The predicted octanol–water partition coefficient (Wildman–Crippen LogP) is 1.63. The molecule has 1 aromatic rings. The Hall–Kier alpha value is -1.84. The van der Waals surface area contributed by atoms with Gasteiger partial charge in [-0.1, -0.05) is 12.1 Å². The summed E-state index contributed by atoms with van der Waals surface area (Å²) in [4.78, 5) is 29.8. The van der Waals surface area contributed by atoms with E-state index in [0.29, 0.717) is 25.2 Å². The van der Waals surface area contributed by atoms with E-state index >= 15 is 0 Å². The quantitative estimate of drug-likeness (QED) is 0.208. The number of nitrogens with one attached hydrogen (secondary N) is 3. The second kappa shape index (κ2) is 12.6. The van der Waals surface area contributed by atoms with Gasteiger partial charge in [0.05, 0.1) is 0 Å².